The van der Waals surface area contributed by atoms with E-state index >= 15 is 0 Å². The van der Waals surface area contributed by atoms with Crippen LogP contribution in [0.2, 0.25) is 0 Å². The van der Waals surface area contributed by atoms with Crippen LogP contribution in [-0.2, 0) is 18.4 Å². The van der Waals surface area contributed by atoms with Gasteiger partial charge in [-0.25, -0.2) is 0 Å². The molecule has 0 heterocycles. The summed E-state index contributed by atoms with van der Waals surface area (Å²) in [4.78, 5) is 10.5. The van der Waals surface area contributed by atoms with Gasteiger partial charge in [0.1, 0.15) is 6.29 Å². The van der Waals surface area contributed by atoms with Crippen molar-refractivity contribution in [2.24, 2.45) is 5.41 Å². The normalized spacial score (nSPS) is 15.2. The van der Waals surface area contributed by atoms with E-state index in [2.05, 4.69) is 0 Å². The van der Waals surface area contributed by atoms with Gasteiger partial charge in [0.25, 0.3) is 0 Å². The Hall–Kier alpha value is -0.180. The van der Waals surface area contributed by atoms with E-state index in [1.54, 1.807) is 0 Å². The smallest absolute Gasteiger partial charge is 0.312 e. The largest absolute Gasteiger partial charge is 0.334 e. The summed E-state index contributed by atoms with van der Waals surface area (Å²) in [6, 6.07) is 0. The molecule has 0 saturated carbocycles. The van der Waals surface area contributed by atoms with Crippen LogP contribution in [0, 0.1) is 5.41 Å². The van der Waals surface area contributed by atoms with Gasteiger partial charge in [-0.15, -0.1) is 0 Å². The van der Waals surface area contributed by atoms with Gasteiger partial charge in [-0.3, -0.25) is 4.57 Å². The van der Waals surface area contributed by atoms with Gasteiger partial charge in [0.2, 0.25) is 0 Å². The van der Waals surface area contributed by atoms with E-state index in [0.717, 1.165) is 6.29 Å². The van der Waals surface area contributed by atoms with Crippen molar-refractivity contribution in [2.45, 2.75) is 32.9 Å². The number of carbonyl (C=O) groups is 1. The number of aldehydes is 1. The SMILES string of the molecule is COP(=O)(OC)C(CC=O)C(C)(C)C. The Morgan fingerprint density at radius 2 is 1.71 bits per heavy atom. The van der Waals surface area contributed by atoms with E-state index in [-0.39, 0.29) is 11.8 Å². The molecule has 0 aromatic heterocycles. The van der Waals surface area contributed by atoms with E-state index in [4.69, 9.17) is 9.05 Å². The lowest BCUT2D eigenvalue weighted by atomic mass is 9.90. The lowest BCUT2D eigenvalue weighted by Crippen LogP contribution is -2.28. The van der Waals surface area contributed by atoms with Gasteiger partial charge in [0.05, 0.1) is 5.66 Å². The first-order valence-electron chi connectivity index (χ1n) is 4.46. The first-order chi connectivity index (χ1) is 6.31. The molecule has 4 nitrogen and oxygen atoms in total. The summed E-state index contributed by atoms with van der Waals surface area (Å²) in [5, 5.41) is 0. The van der Waals surface area contributed by atoms with Gasteiger partial charge >= 0.3 is 7.60 Å². The highest BCUT2D eigenvalue weighted by Crippen LogP contribution is 2.58. The molecule has 0 bridgehead atoms. The van der Waals surface area contributed by atoms with E-state index in [0.29, 0.717) is 0 Å². The van der Waals surface area contributed by atoms with Crippen molar-refractivity contribution in [3.05, 3.63) is 0 Å². The van der Waals surface area contributed by atoms with Crippen LogP contribution in [0.4, 0.5) is 0 Å². The maximum Gasteiger partial charge on any atom is 0.334 e. The summed E-state index contributed by atoms with van der Waals surface area (Å²) in [6.07, 6.45) is 0.934. The molecular formula is C9H19O4P. The molecule has 1 unspecified atom stereocenters. The third-order valence-electron chi connectivity index (χ3n) is 2.21. The minimum atomic E-state index is -3.16. The Balaban J connectivity index is 4.99. The van der Waals surface area contributed by atoms with E-state index in [1.807, 2.05) is 20.8 Å². The van der Waals surface area contributed by atoms with Crippen LogP contribution in [0.25, 0.3) is 0 Å². The van der Waals surface area contributed by atoms with Crippen LogP contribution >= 0.6 is 7.60 Å². The third-order valence-corrected chi connectivity index (χ3v) is 4.98. The molecule has 0 aliphatic carbocycles. The zero-order valence-corrected chi connectivity index (χ0v) is 10.3. The molecule has 0 aromatic rings. The number of hydrogen-bond acceptors (Lipinski definition) is 4. The minimum absolute atomic E-state index is 0.183. The molecule has 5 heteroatoms. The van der Waals surface area contributed by atoms with E-state index in [1.165, 1.54) is 14.2 Å². The summed E-state index contributed by atoms with van der Waals surface area (Å²) in [5.74, 6) is 0. The second-order valence-electron chi connectivity index (χ2n) is 4.19. The third kappa shape index (κ3) is 3.19. The van der Waals surface area contributed by atoms with Crippen molar-refractivity contribution in [3.63, 3.8) is 0 Å². The van der Waals surface area contributed by atoms with Crippen LogP contribution in [-0.4, -0.2) is 26.2 Å². The molecule has 14 heavy (non-hydrogen) atoms. The van der Waals surface area contributed by atoms with Crippen molar-refractivity contribution < 1.29 is 18.4 Å². The highest BCUT2D eigenvalue weighted by molar-refractivity contribution is 7.54. The Kier molecular flexibility index (Phi) is 4.99. The molecule has 0 radical (unpaired) electrons. The van der Waals surface area contributed by atoms with Gasteiger partial charge in [-0.2, -0.15) is 0 Å². The van der Waals surface area contributed by atoms with Gasteiger partial charge in [-0.1, -0.05) is 20.8 Å². The standard InChI is InChI=1S/C9H19O4P/c1-9(2,3)8(6-7-10)14(11,12-4)13-5/h7-8H,6H2,1-5H3. The van der Waals surface area contributed by atoms with Crippen molar-refractivity contribution in [2.75, 3.05) is 14.2 Å². The molecule has 0 aromatic carbocycles. The summed E-state index contributed by atoms with van der Waals surface area (Å²) >= 11 is 0. The van der Waals surface area contributed by atoms with E-state index in [9.17, 15) is 9.36 Å². The van der Waals surface area contributed by atoms with Crippen LogP contribution in [0.3, 0.4) is 0 Å². The van der Waals surface area contributed by atoms with Crippen LogP contribution in [0.1, 0.15) is 27.2 Å². The average molecular weight is 222 g/mol. The van der Waals surface area contributed by atoms with Gasteiger partial charge < -0.3 is 13.8 Å². The molecular weight excluding hydrogens is 203 g/mol. The lowest BCUT2D eigenvalue weighted by Gasteiger charge is -2.33. The summed E-state index contributed by atoms with van der Waals surface area (Å²) in [7, 11) is -0.478. The summed E-state index contributed by atoms with van der Waals surface area (Å²) < 4.78 is 21.9. The van der Waals surface area contributed by atoms with Crippen LogP contribution in [0.5, 0.6) is 0 Å². The predicted molar refractivity (Wildman–Crippen MR) is 55.5 cm³/mol. The average Bonchev–Trinajstić information content (AvgIpc) is 2.11. The van der Waals surface area contributed by atoms with Crippen molar-refractivity contribution in [1.29, 1.82) is 0 Å². The Bertz CT molecular complexity index is 223. The maximum atomic E-state index is 12.1. The molecule has 1 atom stereocenters. The number of rotatable bonds is 5. The molecule has 0 amide bonds. The first kappa shape index (κ1) is 13.8. The second-order valence-corrected chi connectivity index (χ2v) is 6.62. The maximum absolute atomic E-state index is 12.1. The van der Waals surface area contributed by atoms with Gasteiger partial charge in [-0.05, 0) is 5.41 Å². The fourth-order valence-electron chi connectivity index (χ4n) is 1.38. The topological polar surface area (TPSA) is 52.6 Å². The fourth-order valence-corrected chi connectivity index (χ4v) is 3.33. The molecule has 0 aliphatic heterocycles. The number of carbonyl (C=O) groups excluding carboxylic acids is 1. The highest BCUT2D eigenvalue weighted by Gasteiger charge is 2.41. The van der Waals surface area contributed by atoms with Gasteiger partial charge in [0, 0.05) is 20.6 Å². The molecule has 0 N–H and O–H groups in total. The monoisotopic (exact) mass is 222 g/mol. The van der Waals surface area contributed by atoms with Crippen LogP contribution in [0.15, 0.2) is 0 Å². The fraction of sp³-hybridized carbons (Fsp3) is 0.889. The zero-order valence-electron chi connectivity index (χ0n) is 9.44. The first-order valence-corrected chi connectivity index (χ1v) is 6.08. The molecule has 0 saturated heterocycles. The predicted octanol–water partition coefficient (Wildman–Crippen LogP) is 2.48. The second kappa shape index (κ2) is 5.06. The molecule has 0 spiro atoms. The van der Waals surface area contributed by atoms with Crippen LogP contribution < -0.4 is 0 Å². The van der Waals surface area contributed by atoms with Gasteiger partial charge in [0.15, 0.2) is 0 Å². The minimum Gasteiger partial charge on any atom is -0.312 e. The molecule has 84 valence electrons. The Morgan fingerprint density at radius 1 is 1.29 bits per heavy atom. The molecule has 0 aliphatic rings. The van der Waals surface area contributed by atoms with E-state index < -0.39 is 13.3 Å². The molecule has 0 fully saturated rings. The lowest BCUT2D eigenvalue weighted by molar-refractivity contribution is -0.108. The Labute approximate surface area is 85.5 Å². The number of hydrogen-bond donors (Lipinski definition) is 0. The van der Waals surface area contributed by atoms with Crippen molar-refractivity contribution >= 4 is 13.9 Å². The summed E-state index contributed by atoms with van der Waals surface area (Å²) in [6.45, 7) is 5.73. The summed E-state index contributed by atoms with van der Waals surface area (Å²) in [5.41, 5.74) is -0.690. The van der Waals surface area contributed by atoms with Crippen molar-refractivity contribution in [1.82, 2.24) is 0 Å². The Morgan fingerprint density at radius 3 is 1.93 bits per heavy atom. The highest BCUT2D eigenvalue weighted by atomic mass is 31.2. The molecule has 0 rings (SSSR count). The van der Waals surface area contributed by atoms with Crippen molar-refractivity contribution in [3.8, 4) is 0 Å². The quantitative estimate of drug-likeness (QED) is 0.529. The zero-order chi connectivity index (χ0) is 11.4.